The lowest BCUT2D eigenvalue weighted by Gasteiger charge is -2.32. The largest absolute Gasteiger partial charge is 0.497 e. The second kappa shape index (κ2) is 9.52. The lowest BCUT2D eigenvalue weighted by molar-refractivity contribution is -0.384. The van der Waals surface area contributed by atoms with Crippen molar-refractivity contribution >= 4 is 17.3 Å². The summed E-state index contributed by atoms with van der Waals surface area (Å²) in [4.78, 5) is 26.7. The summed E-state index contributed by atoms with van der Waals surface area (Å²) in [6.07, 6.45) is 3.19. The minimum absolute atomic E-state index is 0.00698. The van der Waals surface area contributed by atoms with Crippen LogP contribution in [0.3, 0.4) is 0 Å². The molecule has 0 aromatic heterocycles. The zero-order valence-electron chi connectivity index (χ0n) is 16.9. The number of nitro groups is 1. The number of carbonyl (C=O) groups is 1. The van der Waals surface area contributed by atoms with E-state index in [2.05, 4.69) is 17.0 Å². The van der Waals surface area contributed by atoms with Crippen LogP contribution in [0.1, 0.15) is 18.4 Å². The Morgan fingerprint density at radius 3 is 2.31 bits per heavy atom. The number of likely N-dealkylation sites (N-methyl/N-ethyl adjacent to an activating group) is 1. The average molecular weight is 397 g/mol. The average Bonchev–Trinajstić information content (AvgIpc) is 2.75. The van der Waals surface area contributed by atoms with Crippen LogP contribution in [0.2, 0.25) is 0 Å². The SMILES string of the molecule is COc1ccc(CC2CCN(CC(=O)N(C)c3ccc([N+](=O)[O-])cc3)CC2)cc1. The summed E-state index contributed by atoms with van der Waals surface area (Å²) in [5.74, 6) is 1.49. The minimum Gasteiger partial charge on any atom is -0.497 e. The van der Waals surface area contributed by atoms with Crippen molar-refractivity contribution in [3.05, 3.63) is 64.2 Å². The Morgan fingerprint density at radius 1 is 1.14 bits per heavy atom. The fourth-order valence-corrected chi connectivity index (χ4v) is 3.68. The number of methoxy groups -OCH3 is 1. The van der Waals surface area contributed by atoms with Gasteiger partial charge in [0.2, 0.25) is 5.91 Å². The van der Waals surface area contributed by atoms with Gasteiger partial charge in [-0.3, -0.25) is 19.8 Å². The molecule has 1 aliphatic rings. The second-order valence-electron chi connectivity index (χ2n) is 7.50. The van der Waals surface area contributed by atoms with Crippen LogP contribution in [0, 0.1) is 16.0 Å². The number of amides is 1. The highest BCUT2D eigenvalue weighted by atomic mass is 16.6. The van der Waals surface area contributed by atoms with Gasteiger partial charge in [-0.05, 0) is 68.1 Å². The molecule has 154 valence electrons. The Bertz CT molecular complexity index is 828. The summed E-state index contributed by atoms with van der Waals surface area (Å²) in [5, 5.41) is 10.8. The maximum Gasteiger partial charge on any atom is 0.269 e. The molecule has 0 unspecified atom stereocenters. The number of hydrogen-bond acceptors (Lipinski definition) is 5. The molecule has 3 rings (SSSR count). The first-order valence-corrected chi connectivity index (χ1v) is 9.82. The number of benzene rings is 2. The van der Waals surface area contributed by atoms with Crippen molar-refractivity contribution in [1.29, 1.82) is 0 Å². The van der Waals surface area contributed by atoms with Gasteiger partial charge in [-0.25, -0.2) is 0 Å². The molecule has 0 N–H and O–H groups in total. The highest BCUT2D eigenvalue weighted by molar-refractivity contribution is 5.94. The van der Waals surface area contributed by atoms with Crippen LogP contribution in [-0.4, -0.2) is 49.5 Å². The number of likely N-dealkylation sites (tertiary alicyclic amines) is 1. The van der Waals surface area contributed by atoms with Crippen LogP contribution in [-0.2, 0) is 11.2 Å². The molecule has 29 heavy (non-hydrogen) atoms. The van der Waals surface area contributed by atoms with Gasteiger partial charge in [0.05, 0.1) is 18.6 Å². The van der Waals surface area contributed by atoms with Gasteiger partial charge in [0.1, 0.15) is 5.75 Å². The molecule has 2 aromatic rings. The lowest BCUT2D eigenvalue weighted by Crippen LogP contribution is -2.42. The summed E-state index contributed by atoms with van der Waals surface area (Å²) in [6, 6.07) is 14.3. The minimum atomic E-state index is -0.443. The Balaban J connectivity index is 1.46. The molecule has 0 bridgehead atoms. The maximum absolute atomic E-state index is 12.6. The molecule has 0 atom stereocenters. The number of rotatable bonds is 7. The van der Waals surface area contributed by atoms with Crippen molar-refractivity contribution in [2.75, 3.05) is 38.7 Å². The number of hydrogen-bond donors (Lipinski definition) is 0. The van der Waals surface area contributed by atoms with E-state index in [4.69, 9.17) is 4.74 Å². The van der Waals surface area contributed by atoms with Crippen molar-refractivity contribution in [2.45, 2.75) is 19.3 Å². The molecule has 7 heteroatoms. The van der Waals surface area contributed by atoms with Crippen molar-refractivity contribution in [2.24, 2.45) is 5.92 Å². The van der Waals surface area contributed by atoms with Crippen LogP contribution >= 0.6 is 0 Å². The number of carbonyl (C=O) groups excluding carboxylic acids is 1. The van der Waals surface area contributed by atoms with Crippen molar-refractivity contribution in [1.82, 2.24) is 4.90 Å². The van der Waals surface area contributed by atoms with Crippen LogP contribution in [0.25, 0.3) is 0 Å². The summed E-state index contributed by atoms with van der Waals surface area (Å²) >= 11 is 0. The Hall–Kier alpha value is -2.93. The monoisotopic (exact) mass is 397 g/mol. The second-order valence-corrected chi connectivity index (χ2v) is 7.50. The van der Waals surface area contributed by atoms with Gasteiger partial charge in [0.15, 0.2) is 0 Å². The van der Waals surface area contributed by atoms with Crippen LogP contribution < -0.4 is 9.64 Å². The molecule has 1 fully saturated rings. The standard InChI is InChI=1S/C22H27N3O4/c1-23(19-5-7-20(8-6-19)25(27)28)22(26)16-24-13-11-18(12-14-24)15-17-3-9-21(29-2)10-4-17/h3-10,18H,11-16H2,1-2H3. The van der Waals surface area contributed by atoms with E-state index >= 15 is 0 Å². The molecule has 1 aliphatic heterocycles. The number of nitro benzene ring substituents is 1. The van der Waals surface area contributed by atoms with Crippen LogP contribution in [0.4, 0.5) is 11.4 Å². The summed E-state index contributed by atoms with van der Waals surface area (Å²) < 4.78 is 5.21. The molecule has 0 saturated carbocycles. The van der Waals surface area contributed by atoms with E-state index in [-0.39, 0.29) is 11.6 Å². The number of anilines is 1. The fourth-order valence-electron chi connectivity index (χ4n) is 3.68. The molecule has 1 amide bonds. The molecule has 1 heterocycles. The smallest absolute Gasteiger partial charge is 0.269 e. The highest BCUT2D eigenvalue weighted by Gasteiger charge is 2.23. The normalized spacial score (nSPS) is 15.1. The van der Waals surface area contributed by atoms with E-state index in [1.807, 2.05) is 12.1 Å². The molecular formula is C22H27N3O4. The number of ether oxygens (including phenoxy) is 1. The number of piperidine rings is 1. The Labute approximate surface area is 171 Å². The third-order valence-corrected chi connectivity index (χ3v) is 5.57. The van der Waals surface area contributed by atoms with Crippen molar-refractivity contribution in [3.63, 3.8) is 0 Å². The first kappa shape index (κ1) is 20.8. The molecule has 0 aliphatic carbocycles. The van der Waals surface area contributed by atoms with Crippen molar-refractivity contribution < 1.29 is 14.5 Å². The first-order chi connectivity index (χ1) is 14.0. The van der Waals surface area contributed by atoms with E-state index in [1.165, 1.54) is 17.7 Å². The van der Waals surface area contributed by atoms with Crippen LogP contribution in [0.15, 0.2) is 48.5 Å². The number of non-ortho nitro benzene ring substituents is 1. The zero-order valence-corrected chi connectivity index (χ0v) is 16.9. The molecule has 2 aromatic carbocycles. The highest BCUT2D eigenvalue weighted by Crippen LogP contribution is 2.23. The van der Waals surface area contributed by atoms with E-state index < -0.39 is 4.92 Å². The van der Waals surface area contributed by atoms with Gasteiger partial charge in [0.25, 0.3) is 5.69 Å². The van der Waals surface area contributed by atoms with E-state index in [0.717, 1.165) is 38.1 Å². The predicted octanol–water partition coefficient (Wildman–Crippen LogP) is 3.52. The van der Waals surface area contributed by atoms with E-state index in [9.17, 15) is 14.9 Å². The third-order valence-electron chi connectivity index (χ3n) is 5.57. The molecular weight excluding hydrogens is 370 g/mol. The van der Waals surface area contributed by atoms with Gasteiger partial charge in [-0.15, -0.1) is 0 Å². The summed E-state index contributed by atoms with van der Waals surface area (Å²) in [6.45, 7) is 2.17. The van der Waals surface area contributed by atoms with Gasteiger partial charge >= 0.3 is 0 Å². The third kappa shape index (κ3) is 5.54. The fraction of sp³-hybridized carbons (Fsp3) is 0.409. The zero-order chi connectivity index (χ0) is 20.8. The van der Waals surface area contributed by atoms with Gasteiger partial charge in [0, 0.05) is 24.9 Å². The van der Waals surface area contributed by atoms with Gasteiger partial charge in [-0.1, -0.05) is 12.1 Å². The summed E-state index contributed by atoms with van der Waals surface area (Å²) in [7, 11) is 3.38. The van der Waals surface area contributed by atoms with E-state index in [0.29, 0.717) is 18.2 Å². The van der Waals surface area contributed by atoms with Gasteiger partial charge < -0.3 is 9.64 Å². The lowest BCUT2D eigenvalue weighted by atomic mass is 9.90. The van der Waals surface area contributed by atoms with Gasteiger partial charge in [-0.2, -0.15) is 0 Å². The molecule has 1 saturated heterocycles. The Kier molecular flexibility index (Phi) is 6.82. The predicted molar refractivity (Wildman–Crippen MR) is 112 cm³/mol. The van der Waals surface area contributed by atoms with Crippen LogP contribution in [0.5, 0.6) is 5.75 Å². The first-order valence-electron chi connectivity index (χ1n) is 9.82. The molecule has 7 nitrogen and oxygen atoms in total. The topological polar surface area (TPSA) is 75.9 Å². The van der Waals surface area contributed by atoms with E-state index in [1.54, 1.807) is 31.2 Å². The molecule has 0 spiro atoms. The van der Waals surface area contributed by atoms with Crippen molar-refractivity contribution in [3.8, 4) is 5.75 Å². The molecule has 0 radical (unpaired) electrons. The quantitative estimate of drug-likeness (QED) is 0.528. The summed E-state index contributed by atoms with van der Waals surface area (Å²) in [5.41, 5.74) is 2.00. The Morgan fingerprint density at radius 2 is 1.76 bits per heavy atom. The maximum atomic E-state index is 12.6. The number of nitrogens with zero attached hydrogens (tertiary/aromatic N) is 3.